The number of hydrogen-bond acceptors (Lipinski definition) is 3. The Morgan fingerprint density at radius 2 is 1.96 bits per heavy atom. The van der Waals surface area contributed by atoms with Gasteiger partial charge in [-0.2, -0.15) is 0 Å². The summed E-state index contributed by atoms with van der Waals surface area (Å²) in [4.78, 5) is 11.8. The van der Waals surface area contributed by atoms with Gasteiger partial charge in [-0.1, -0.05) is 43.7 Å². The molecule has 2 N–H and O–H groups in total. The first-order valence-electron chi connectivity index (χ1n) is 8.90. The van der Waals surface area contributed by atoms with Gasteiger partial charge in [0.05, 0.1) is 0 Å². The monoisotopic (exact) mass is 316 g/mol. The van der Waals surface area contributed by atoms with Crippen molar-refractivity contribution < 1.29 is 9.53 Å². The molecule has 1 aromatic rings. The molecule has 0 aromatic heterocycles. The third kappa shape index (κ3) is 4.25. The number of ether oxygens (including phenoxy) is 1. The minimum atomic E-state index is -0.304. The standard InChI is InChI=1S/C19H28N2O2/c1-2-19(9-6-10-19)14-20-16-11-17(12-16)21-18(22)23-13-15-7-4-3-5-8-15/h3-5,7-8,16-17,20H,2,6,9-14H2,1H3,(H,21,22). The molecule has 2 fully saturated rings. The van der Waals surface area contributed by atoms with Crippen molar-refractivity contribution in [3.05, 3.63) is 35.9 Å². The zero-order chi connectivity index (χ0) is 16.1. The van der Waals surface area contributed by atoms with Crippen molar-refractivity contribution in [2.45, 2.75) is 64.1 Å². The van der Waals surface area contributed by atoms with Crippen LogP contribution < -0.4 is 10.6 Å². The summed E-state index contributed by atoms with van der Waals surface area (Å²) in [6.07, 6.45) is 7.13. The normalized spacial score (nSPS) is 25.1. The maximum atomic E-state index is 11.8. The van der Waals surface area contributed by atoms with Crippen LogP contribution >= 0.6 is 0 Å². The Hall–Kier alpha value is -1.55. The third-order valence-electron chi connectivity index (χ3n) is 5.60. The summed E-state index contributed by atoms with van der Waals surface area (Å²) in [5.41, 5.74) is 1.58. The van der Waals surface area contributed by atoms with E-state index in [-0.39, 0.29) is 12.1 Å². The summed E-state index contributed by atoms with van der Waals surface area (Å²) in [6.45, 7) is 3.77. The summed E-state index contributed by atoms with van der Waals surface area (Å²) < 4.78 is 5.26. The average Bonchev–Trinajstić information content (AvgIpc) is 2.50. The lowest BCUT2D eigenvalue weighted by atomic mass is 9.66. The van der Waals surface area contributed by atoms with Crippen LogP contribution in [0.1, 0.15) is 51.0 Å². The van der Waals surface area contributed by atoms with Crippen LogP contribution in [0.15, 0.2) is 30.3 Å². The number of amides is 1. The van der Waals surface area contributed by atoms with Crippen molar-refractivity contribution >= 4 is 6.09 Å². The van der Waals surface area contributed by atoms with E-state index in [1.165, 1.54) is 25.7 Å². The number of alkyl carbamates (subject to hydrolysis) is 1. The minimum absolute atomic E-state index is 0.259. The molecule has 0 atom stereocenters. The molecule has 0 saturated heterocycles. The molecule has 0 bridgehead atoms. The smallest absolute Gasteiger partial charge is 0.407 e. The summed E-state index contributed by atoms with van der Waals surface area (Å²) >= 11 is 0. The first-order chi connectivity index (χ1) is 11.2. The van der Waals surface area contributed by atoms with Crippen LogP contribution in [0, 0.1) is 5.41 Å². The van der Waals surface area contributed by atoms with Gasteiger partial charge >= 0.3 is 6.09 Å². The lowest BCUT2D eigenvalue weighted by Crippen LogP contribution is -2.54. The highest BCUT2D eigenvalue weighted by molar-refractivity contribution is 5.67. The van der Waals surface area contributed by atoms with Crippen LogP contribution in [-0.2, 0) is 11.3 Å². The zero-order valence-electron chi connectivity index (χ0n) is 14.0. The Bertz CT molecular complexity index is 502. The van der Waals surface area contributed by atoms with Crippen molar-refractivity contribution in [3.63, 3.8) is 0 Å². The molecule has 0 heterocycles. The molecule has 126 valence electrons. The Morgan fingerprint density at radius 1 is 1.22 bits per heavy atom. The van der Waals surface area contributed by atoms with Crippen LogP contribution in [-0.4, -0.2) is 24.7 Å². The number of nitrogens with one attached hydrogen (secondary N) is 2. The summed E-state index contributed by atoms with van der Waals surface area (Å²) in [7, 11) is 0. The topological polar surface area (TPSA) is 50.4 Å². The molecule has 4 heteroatoms. The van der Waals surface area contributed by atoms with Crippen molar-refractivity contribution in [3.8, 4) is 0 Å². The predicted octanol–water partition coefficient (Wildman–Crippen LogP) is 3.61. The van der Waals surface area contributed by atoms with Crippen LogP contribution in [0.25, 0.3) is 0 Å². The Kier molecular flexibility index (Phi) is 5.21. The summed E-state index contributed by atoms with van der Waals surface area (Å²) in [5, 5.41) is 6.64. The molecule has 0 radical (unpaired) electrons. The second-order valence-electron chi connectivity index (χ2n) is 7.16. The fourth-order valence-electron chi connectivity index (χ4n) is 3.53. The molecule has 1 aromatic carbocycles. The van der Waals surface area contributed by atoms with Crippen LogP contribution in [0.3, 0.4) is 0 Å². The lowest BCUT2D eigenvalue weighted by molar-refractivity contribution is 0.101. The third-order valence-corrected chi connectivity index (χ3v) is 5.60. The molecule has 0 aliphatic heterocycles. The number of hydrogen-bond donors (Lipinski definition) is 2. The fourth-order valence-corrected chi connectivity index (χ4v) is 3.53. The minimum Gasteiger partial charge on any atom is -0.445 e. The van der Waals surface area contributed by atoms with Crippen LogP contribution in [0.2, 0.25) is 0 Å². The molecule has 3 rings (SSSR count). The number of rotatable bonds is 7. The van der Waals surface area contributed by atoms with Gasteiger partial charge in [-0.15, -0.1) is 0 Å². The molecule has 2 aliphatic rings. The predicted molar refractivity (Wildman–Crippen MR) is 91.2 cm³/mol. The Labute approximate surface area is 139 Å². The maximum Gasteiger partial charge on any atom is 0.407 e. The Morgan fingerprint density at radius 3 is 2.57 bits per heavy atom. The Balaban J connectivity index is 1.28. The first-order valence-corrected chi connectivity index (χ1v) is 8.90. The van der Waals surface area contributed by atoms with Gasteiger partial charge in [-0.25, -0.2) is 4.79 Å². The highest BCUT2D eigenvalue weighted by Crippen LogP contribution is 2.43. The maximum absolute atomic E-state index is 11.8. The van der Waals surface area contributed by atoms with Gasteiger partial charge in [0.2, 0.25) is 0 Å². The molecule has 4 nitrogen and oxygen atoms in total. The lowest BCUT2D eigenvalue weighted by Gasteiger charge is -2.44. The number of benzene rings is 1. The van der Waals surface area contributed by atoms with Crippen molar-refractivity contribution in [1.29, 1.82) is 0 Å². The fraction of sp³-hybridized carbons (Fsp3) is 0.632. The molecule has 23 heavy (non-hydrogen) atoms. The van der Waals surface area contributed by atoms with Gasteiger partial charge in [0.1, 0.15) is 6.61 Å². The van der Waals surface area contributed by atoms with Crippen molar-refractivity contribution in [1.82, 2.24) is 10.6 Å². The first kappa shape index (κ1) is 16.3. The van der Waals surface area contributed by atoms with E-state index in [1.807, 2.05) is 30.3 Å². The summed E-state index contributed by atoms with van der Waals surface area (Å²) in [5.74, 6) is 0. The zero-order valence-corrected chi connectivity index (χ0v) is 14.0. The molecule has 0 unspecified atom stereocenters. The van der Waals surface area contributed by atoms with E-state index >= 15 is 0 Å². The summed E-state index contributed by atoms with van der Waals surface area (Å²) in [6, 6.07) is 10.6. The second kappa shape index (κ2) is 7.35. The van der Waals surface area contributed by atoms with E-state index in [0.717, 1.165) is 24.9 Å². The molecule has 2 aliphatic carbocycles. The highest BCUT2D eigenvalue weighted by Gasteiger charge is 2.37. The number of carbonyl (C=O) groups excluding carboxylic acids is 1. The van der Waals surface area contributed by atoms with E-state index in [1.54, 1.807) is 0 Å². The quantitative estimate of drug-likeness (QED) is 0.808. The molecule has 0 spiro atoms. The molecular weight excluding hydrogens is 288 g/mol. The van der Waals surface area contributed by atoms with E-state index in [4.69, 9.17) is 4.74 Å². The molecule has 1 amide bonds. The van der Waals surface area contributed by atoms with E-state index in [0.29, 0.717) is 18.1 Å². The van der Waals surface area contributed by atoms with Crippen molar-refractivity contribution in [2.24, 2.45) is 5.41 Å². The SMILES string of the molecule is CCC1(CNC2CC(NC(=O)OCc3ccccc3)C2)CCC1. The van der Waals surface area contributed by atoms with Crippen LogP contribution in [0.5, 0.6) is 0 Å². The molecule has 2 saturated carbocycles. The van der Waals surface area contributed by atoms with Crippen molar-refractivity contribution in [2.75, 3.05) is 6.54 Å². The van der Waals surface area contributed by atoms with Gasteiger partial charge in [-0.05, 0) is 43.1 Å². The molecular formula is C19H28N2O2. The van der Waals surface area contributed by atoms with E-state index in [2.05, 4.69) is 17.6 Å². The van der Waals surface area contributed by atoms with Gasteiger partial charge in [-0.3, -0.25) is 0 Å². The van der Waals surface area contributed by atoms with Gasteiger partial charge in [0.15, 0.2) is 0 Å². The largest absolute Gasteiger partial charge is 0.445 e. The average molecular weight is 316 g/mol. The highest BCUT2D eigenvalue weighted by atomic mass is 16.5. The van der Waals surface area contributed by atoms with E-state index < -0.39 is 0 Å². The van der Waals surface area contributed by atoms with Gasteiger partial charge in [0.25, 0.3) is 0 Å². The second-order valence-corrected chi connectivity index (χ2v) is 7.16. The van der Waals surface area contributed by atoms with Crippen LogP contribution in [0.4, 0.5) is 4.79 Å². The van der Waals surface area contributed by atoms with E-state index in [9.17, 15) is 4.79 Å². The van der Waals surface area contributed by atoms with Gasteiger partial charge < -0.3 is 15.4 Å². The number of carbonyl (C=O) groups is 1. The van der Waals surface area contributed by atoms with Gasteiger partial charge in [0, 0.05) is 18.6 Å².